The van der Waals surface area contributed by atoms with Crippen LogP contribution in [0.4, 0.5) is 0 Å². The first kappa shape index (κ1) is 12.5. The summed E-state index contributed by atoms with van der Waals surface area (Å²) in [5, 5.41) is 3.71. The molecule has 1 atom stereocenters. The summed E-state index contributed by atoms with van der Waals surface area (Å²) in [6, 6.07) is 0. The number of hydrogen-bond donors (Lipinski definition) is 1. The monoisotopic (exact) mass is 229 g/mol. The highest BCUT2D eigenvalue weighted by molar-refractivity contribution is 6.20. The van der Waals surface area contributed by atoms with E-state index in [1.54, 1.807) is 0 Å². The van der Waals surface area contributed by atoms with Crippen LogP contribution in [0.3, 0.4) is 0 Å². The van der Waals surface area contributed by atoms with Crippen molar-refractivity contribution in [2.45, 2.75) is 38.1 Å². The van der Waals surface area contributed by atoms with Crippen LogP contribution < -0.4 is 5.32 Å². The summed E-state index contributed by atoms with van der Waals surface area (Å²) in [6.07, 6.45) is 9.07. The van der Waals surface area contributed by atoms with Gasteiger partial charge in [0.25, 0.3) is 0 Å². The average molecular weight is 230 g/mol. The van der Waals surface area contributed by atoms with Gasteiger partial charge in [0.15, 0.2) is 0 Å². The fourth-order valence-electron chi connectivity index (χ4n) is 1.44. The van der Waals surface area contributed by atoms with Gasteiger partial charge in [0, 0.05) is 24.3 Å². The lowest BCUT2D eigenvalue weighted by atomic mass is 10.2. The molecule has 0 saturated carbocycles. The number of halogens is 1. The van der Waals surface area contributed by atoms with E-state index in [1.165, 1.54) is 0 Å². The van der Waals surface area contributed by atoms with Gasteiger partial charge in [0.05, 0.1) is 6.33 Å². The molecule has 0 aromatic carbocycles. The maximum Gasteiger partial charge on any atom is 0.0945 e. The van der Waals surface area contributed by atoms with Crippen molar-refractivity contribution >= 4 is 11.6 Å². The summed E-state index contributed by atoms with van der Waals surface area (Å²) >= 11 is 5.85. The molecule has 4 heteroatoms. The molecular formula is C11H20ClN3. The fraction of sp³-hybridized carbons (Fsp3) is 0.727. The predicted octanol–water partition coefficient (Wildman–Crippen LogP) is 2.27. The SMILES string of the molecule is CC(Cl)CCCNCCCn1ccnc1. The Morgan fingerprint density at radius 2 is 2.20 bits per heavy atom. The number of nitrogens with zero attached hydrogens (tertiary/aromatic N) is 2. The zero-order valence-corrected chi connectivity index (χ0v) is 10.1. The van der Waals surface area contributed by atoms with Crippen LogP contribution in [0, 0.1) is 0 Å². The number of rotatable bonds is 8. The Labute approximate surface area is 96.8 Å². The van der Waals surface area contributed by atoms with Gasteiger partial charge < -0.3 is 9.88 Å². The Balaban J connectivity index is 1.85. The average Bonchev–Trinajstić information content (AvgIpc) is 2.68. The van der Waals surface area contributed by atoms with Gasteiger partial charge >= 0.3 is 0 Å². The van der Waals surface area contributed by atoms with Gasteiger partial charge in [-0.1, -0.05) is 0 Å². The molecule has 0 aliphatic heterocycles. The van der Waals surface area contributed by atoms with Crippen molar-refractivity contribution in [3.05, 3.63) is 18.7 Å². The Hall–Kier alpha value is -0.540. The van der Waals surface area contributed by atoms with Crippen LogP contribution in [0.25, 0.3) is 0 Å². The van der Waals surface area contributed by atoms with Gasteiger partial charge in [-0.25, -0.2) is 4.98 Å². The van der Waals surface area contributed by atoms with E-state index in [2.05, 4.69) is 14.9 Å². The van der Waals surface area contributed by atoms with Crippen molar-refractivity contribution in [2.24, 2.45) is 0 Å². The number of nitrogens with one attached hydrogen (secondary N) is 1. The molecule has 0 spiro atoms. The van der Waals surface area contributed by atoms with Crippen molar-refractivity contribution in [3.63, 3.8) is 0 Å². The van der Waals surface area contributed by atoms with Gasteiger partial charge in [-0.05, 0) is 39.3 Å². The third-order valence-electron chi connectivity index (χ3n) is 2.28. The maximum atomic E-state index is 5.85. The molecule has 1 N–H and O–H groups in total. The summed E-state index contributed by atoms with van der Waals surface area (Å²) in [5.41, 5.74) is 0. The van der Waals surface area contributed by atoms with Crippen molar-refractivity contribution in [3.8, 4) is 0 Å². The Morgan fingerprint density at radius 3 is 2.87 bits per heavy atom. The van der Waals surface area contributed by atoms with E-state index in [4.69, 9.17) is 11.6 Å². The molecule has 0 radical (unpaired) electrons. The largest absolute Gasteiger partial charge is 0.337 e. The van der Waals surface area contributed by atoms with E-state index in [9.17, 15) is 0 Å². The number of aromatic nitrogens is 2. The normalized spacial score (nSPS) is 12.9. The van der Waals surface area contributed by atoms with Gasteiger partial charge in [-0.15, -0.1) is 11.6 Å². The highest BCUT2D eigenvalue weighted by atomic mass is 35.5. The van der Waals surface area contributed by atoms with Crippen LogP contribution >= 0.6 is 11.6 Å². The predicted molar refractivity (Wildman–Crippen MR) is 64.3 cm³/mol. The van der Waals surface area contributed by atoms with Gasteiger partial charge in [0.2, 0.25) is 0 Å². The standard InChI is InChI=1S/C11H20ClN3/c1-11(12)4-2-5-13-6-3-8-15-9-7-14-10-15/h7,9-11,13H,2-6,8H2,1H3. The first-order chi connectivity index (χ1) is 7.29. The summed E-state index contributed by atoms with van der Waals surface area (Å²) in [7, 11) is 0. The molecule has 0 fully saturated rings. The zero-order chi connectivity index (χ0) is 10.9. The highest BCUT2D eigenvalue weighted by Gasteiger charge is 1.95. The third-order valence-corrected chi connectivity index (χ3v) is 2.50. The molecular weight excluding hydrogens is 210 g/mol. The lowest BCUT2D eigenvalue weighted by molar-refractivity contribution is 0.561. The van der Waals surface area contributed by atoms with Gasteiger partial charge in [0.1, 0.15) is 0 Å². The van der Waals surface area contributed by atoms with Crippen molar-refractivity contribution < 1.29 is 0 Å². The Bertz CT molecular complexity index is 234. The van der Waals surface area contributed by atoms with E-state index in [1.807, 2.05) is 25.6 Å². The zero-order valence-electron chi connectivity index (χ0n) is 9.32. The van der Waals surface area contributed by atoms with Crippen LogP contribution in [-0.2, 0) is 6.54 Å². The topological polar surface area (TPSA) is 29.9 Å². The smallest absolute Gasteiger partial charge is 0.0945 e. The molecule has 15 heavy (non-hydrogen) atoms. The van der Waals surface area contributed by atoms with E-state index in [0.717, 1.165) is 38.9 Å². The molecule has 1 aromatic heterocycles. The molecule has 0 aliphatic rings. The minimum Gasteiger partial charge on any atom is -0.337 e. The molecule has 1 aromatic rings. The van der Waals surface area contributed by atoms with E-state index in [-0.39, 0.29) is 0 Å². The van der Waals surface area contributed by atoms with Crippen molar-refractivity contribution in [1.29, 1.82) is 0 Å². The first-order valence-corrected chi connectivity index (χ1v) is 6.03. The Morgan fingerprint density at radius 1 is 1.40 bits per heavy atom. The number of hydrogen-bond acceptors (Lipinski definition) is 2. The van der Waals surface area contributed by atoms with Crippen LogP contribution in [0.2, 0.25) is 0 Å². The number of imidazole rings is 1. The molecule has 1 unspecified atom stereocenters. The van der Waals surface area contributed by atoms with Crippen LogP contribution in [0.1, 0.15) is 26.2 Å². The van der Waals surface area contributed by atoms with Crippen LogP contribution in [0.15, 0.2) is 18.7 Å². The Kier molecular flexibility index (Phi) is 6.44. The summed E-state index contributed by atoms with van der Waals surface area (Å²) < 4.78 is 2.10. The molecule has 1 heterocycles. The third kappa shape index (κ3) is 6.52. The van der Waals surface area contributed by atoms with E-state index in [0.29, 0.717) is 5.38 Å². The van der Waals surface area contributed by atoms with Crippen LogP contribution in [0.5, 0.6) is 0 Å². The molecule has 86 valence electrons. The minimum atomic E-state index is 0.303. The van der Waals surface area contributed by atoms with E-state index < -0.39 is 0 Å². The summed E-state index contributed by atoms with van der Waals surface area (Å²) in [5.74, 6) is 0. The van der Waals surface area contributed by atoms with E-state index >= 15 is 0 Å². The summed E-state index contributed by atoms with van der Waals surface area (Å²) in [6.45, 7) is 5.22. The lowest BCUT2D eigenvalue weighted by Gasteiger charge is -2.06. The van der Waals surface area contributed by atoms with Crippen molar-refractivity contribution in [1.82, 2.24) is 14.9 Å². The lowest BCUT2D eigenvalue weighted by Crippen LogP contribution is -2.18. The fourth-order valence-corrected chi connectivity index (χ4v) is 1.59. The van der Waals surface area contributed by atoms with Gasteiger partial charge in [-0.3, -0.25) is 0 Å². The first-order valence-electron chi connectivity index (χ1n) is 5.59. The number of aryl methyl sites for hydroxylation is 1. The molecule has 0 saturated heterocycles. The quantitative estimate of drug-likeness (QED) is 0.548. The highest BCUT2D eigenvalue weighted by Crippen LogP contribution is 2.02. The molecule has 0 aliphatic carbocycles. The molecule has 0 amide bonds. The minimum absolute atomic E-state index is 0.303. The van der Waals surface area contributed by atoms with Crippen molar-refractivity contribution in [2.75, 3.05) is 13.1 Å². The summed E-state index contributed by atoms with van der Waals surface area (Å²) in [4.78, 5) is 4.00. The second-order valence-corrected chi connectivity index (χ2v) is 4.57. The molecule has 1 rings (SSSR count). The number of alkyl halides is 1. The molecule has 0 bridgehead atoms. The second kappa shape index (κ2) is 7.71. The van der Waals surface area contributed by atoms with Crippen LogP contribution in [-0.4, -0.2) is 28.0 Å². The van der Waals surface area contributed by atoms with Gasteiger partial charge in [-0.2, -0.15) is 0 Å². The molecule has 3 nitrogen and oxygen atoms in total. The second-order valence-electron chi connectivity index (χ2n) is 3.83. The maximum absolute atomic E-state index is 5.85.